The van der Waals surface area contributed by atoms with Crippen LogP contribution in [0.2, 0.25) is 0 Å². The van der Waals surface area contributed by atoms with Gasteiger partial charge in [-0.05, 0) is 13.3 Å². The average molecular weight is 294 g/mol. The van der Waals surface area contributed by atoms with E-state index in [0.717, 1.165) is 6.26 Å². The molecule has 0 saturated heterocycles. The summed E-state index contributed by atoms with van der Waals surface area (Å²) in [5.74, 6) is -0.666. The predicted molar refractivity (Wildman–Crippen MR) is 70.6 cm³/mol. The average Bonchev–Trinajstić information content (AvgIpc) is 2.25. The van der Waals surface area contributed by atoms with Gasteiger partial charge in [0.05, 0.1) is 17.8 Å². The van der Waals surface area contributed by atoms with Gasteiger partial charge in [-0.3, -0.25) is 9.59 Å². The maximum Gasteiger partial charge on any atom is 0.302 e. The Morgan fingerprint density at radius 2 is 1.79 bits per heavy atom. The first-order valence-corrected chi connectivity index (χ1v) is 8.00. The molecule has 1 unspecified atom stereocenters. The molecule has 6 nitrogen and oxygen atoms in total. The summed E-state index contributed by atoms with van der Waals surface area (Å²) in [6, 6.07) is 0. The van der Waals surface area contributed by atoms with Gasteiger partial charge in [-0.25, -0.2) is 8.42 Å². The van der Waals surface area contributed by atoms with Crippen LogP contribution >= 0.6 is 0 Å². The third-order valence-electron chi connectivity index (χ3n) is 2.65. The summed E-state index contributed by atoms with van der Waals surface area (Å²) in [6.07, 6.45) is 1.51. The molecule has 0 N–H and O–H groups in total. The third-order valence-corrected chi connectivity index (χ3v) is 3.68. The topological polar surface area (TPSA) is 86.7 Å². The van der Waals surface area contributed by atoms with Crippen LogP contribution in [0.25, 0.3) is 0 Å². The molecule has 0 aliphatic rings. The first kappa shape index (κ1) is 18.0. The van der Waals surface area contributed by atoms with E-state index in [1.54, 1.807) is 6.92 Å². The lowest BCUT2D eigenvalue weighted by molar-refractivity contribution is -0.149. The fraction of sp³-hybridized carbons (Fsp3) is 0.833. The monoisotopic (exact) mass is 294 g/mol. The fourth-order valence-corrected chi connectivity index (χ4v) is 2.25. The summed E-state index contributed by atoms with van der Waals surface area (Å²) in [6.45, 7) is 2.97. The summed E-state index contributed by atoms with van der Waals surface area (Å²) in [4.78, 5) is 22.9. The number of ether oxygens (including phenoxy) is 2. The molecule has 112 valence electrons. The van der Waals surface area contributed by atoms with Gasteiger partial charge in [0.25, 0.3) is 0 Å². The second-order valence-electron chi connectivity index (χ2n) is 4.93. The molecular weight excluding hydrogens is 272 g/mol. The van der Waals surface area contributed by atoms with Crippen LogP contribution in [0.5, 0.6) is 0 Å². The minimum absolute atomic E-state index is 0.0324. The lowest BCUT2D eigenvalue weighted by atomic mass is 9.85. The molecule has 0 aromatic carbocycles. The van der Waals surface area contributed by atoms with Crippen LogP contribution in [0.1, 0.15) is 26.7 Å². The highest BCUT2D eigenvalue weighted by molar-refractivity contribution is 7.90. The Balaban J connectivity index is 4.51. The number of methoxy groups -OCH3 is 1. The van der Waals surface area contributed by atoms with Crippen LogP contribution in [-0.4, -0.2) is 52.5 Å². The van der Waals surface area contributed by atoms with Gasteiger partial charge in [0.1, 0.15) is 22.2 Å². The maximum atomic E-state index is 12.1. The largest absolute Gasteiger partial charge is 0.465 e. The molecule has 0 heterocycles. The molecular formula is C12H22O6S. The van der Waals surface area contributed by atoms with Crippen molar-refractivity contribution in [3.05, 3.63) is 0 Å². The van der Waals surface area contributed by atoms with Crippen molar-refractivity contribution < 1.29 is 27.5 Å². The van der Waals surface area contributed by atoms with Crippen molar-refractivity contribution >= 4 is 21.6 Å². The maximum absolute atomic E-state index is 12.1. The van der Waals surface area contributed by atoms with E-state index in [-0.39, 0.29) is 37.6 Å². The van der Waals surface area contributed by atoms with Gasteiger partial charge in [0.2, 0.25) is 0 Å². The third kappa shape index (κ3) is 7.94. The van der Waals surface area contributed by atoms with E-state index in [1.807, 2.05) is 0 Å². The fourth-order valence-electron chi connectivity index (χ4n) is 1.58. The van der Waals surface area contributed by atoms with Gasteiger partial charge >= 0.3 is 5.97 Å². The molecule has 0 aromatic rings. The highest BCUT2D eigenvalue weighted by Gasteiger charge is 2.34. The van der Waals surface area contributed by atoms with Gasteiger partial charge in [-0.15, -0.1) is 0 Å². The Morgan fingerprint density at radius 1 is 1.21 bits per heavy atom. The molecule has 19 heavy (non-hydrogen) atoms. The minimum Gasteiger partial charge on any atom is -0.465 e. The van der Waals surface area contributed by atoms with Gasteiger partial charge in [0, 0.05) is 26.7 Å². The summed E-state index contributed by atoms with van der Waals surface area (Å²) in [5.41, 5.74) is -0.933. The number of hydrogen-bond acceptors (Lipinski definition) is 6. The van der Waals surface area contributed by atoms with Gasteiger partial charge in [-0.1, -0.05) is 0 Å². The lowest BCUT2D eigenvalue weighted by Crippen LogP contribution is -2.38. The summed E-state index contributed by atoms with van der Waals surface area (Å²) >= 11 is 0. The number of hydrogen-bond donors (Lipinski definition) is 0. The molecule has 0 saturated carbocycles. The van der Waals surface area contributed by atoms with Crippen molar-refractivity contribution in [2.24, 2.45) is 5.41 Å². The number of rotatable bonds is 9. The van der Waals surface area contributed by atoms with Crippen molar-refractivity contribution in [1.82, 2.24) is 0 Å². The molecule has 1 atom stereocenters. The summed E-state index contributed by atoms with van der Waals surface area (Å²) in [7, 11) is -1.62. The Morgan fingerprint density at radius 3 is 2.21 bits per heavy atom. The first-order chi connectivity index (χ1) is 8.60. The molecule has 0 bridgehead atoms. The van der Waals surface area contributed by atoms with E-state index in [2.05, 4.69) is 0 Å². The van der Waals surface area contributed by atoms with Crippen molar-refractivity contribution in [3.63, 3.8) is 0 Å². The number of carbonyl (C=O) groups is 2. The zero-order chi connectivity index (χ0) is 15.1. The normalized spacial score (nSPS) is 14.7. The standard InChI is InChI=1S/C12H22O6S/c1-10(13)18-9-12(2,8-17-3)11(14)6-5-7-19(4,15)16/h5-9H2,1-4H3. The molecule has 0 aliphatic carbocycles. The number of carbonyl (C=O) groups excluding carboxylic acids is 2. The number of sulfone groups is 1. The van der Waals surface area contributed by atoms with Crippen LogP contribution in [0.15, 0.2) is 0 Å². The summed E-state index contributed by atoms with van der Waals surface area (Å²) < 4.78 is 31.8. The molecule has 0 aromatic heterocycles. The van der Waals surface area contributed by atoms with E-state index in [0.29, 0.717) is 0 Å². The quantitative estimate of drug-likeness (QED) is 0.579. The van der Waals surface area contributed by atoms with Gasteiger partial charge < -0.3 is 9.47 Å². The molecule has 0 rings (SSSR count). The Kier molecular flexibility index (Phi) is 7.21. The number of esters is 1. The van der Waals surface area contributed by atoms with Crippen molar-refractivity contribution in [3.8, 4) is 0 Å². The smallest absolute Gasteiger partial charge is 0.302 e. The van der Waals surface area contributed by atoms with E-state index in [9.17, 15) is 18.0 Å². The van der Waals surface area contributed by atoms with E-state index < -0.39 is 21.2 Å². The summed E-state index contributed by atoms with van der Waals surface area (Å²) in [5, 5.41) is 0. The van der Waals surface area contributed by atoms with Gasteiger partial charge in [-0.2, -0.15) is 0 Å². The first-order valence-electron chi connectivity index (χ1n) is 5.94. The zero-order valence-corrected chi connectivity index (χ0v) is 12.7. The van der Waals surface area contributed by atoms with Crippen molar-refractivity contribution in [1.29, 1.82) is 0 Å². The van der Waals surface area contributed by atoms with E-state index in [4.69, 9.17) is 9.47 Å². The van der Waals surface area contributed by atoms with Crippen LogP contribution in [0.3, 0.4) is 0 Å². The predicted octanol–water partition coefficient (Wildman–Crippen LogP) is 0.596. The number of Topliss-reactive ketones (excluding diaryl/α,β-unsaturated/α-hetero) is 1. The molecule has 7 heteroatoms. The zero-order valence-electron chi connectivity index (χ0n) is 11.9. The van der Waals surface area contributed by atoms with E-state index in [1.165, 1.54) is 14.0 Å². The highest BCUT2D eigenvalue weighted by Crippen LogP contribution is 2.22. The van der Waals surface area contributed by atoms with Crippen LogP contribution in [0.4, 0.5) is 0 Å². The SMILES string of the molecule is COCC(C)(COC(C)=O)C(=O)CCCS(C)(=O)=O. The second kappa shape index (κ2) is 7.59. The molecule has 0 spiro atoms. The minimum atomic E-state index is -3.07. The highest BCUT2D eigenvalue weighted by atomic mass is 32.2. The van der Waals surface area contributed by atoms with E-state index >= 15 is 0 Å². The van der Waals surface area contributed by atoms with Crippen molar-refractivity contribution in [2.75, 3.05) is 32.3 Å². The Hall–Kier alpha value is -0.950. The lowest BCUT2D eigenvalue weighted by Gasteiger charge is -2.26. The molecule has 0 fully saturated rings. The molecule has 0 amide bonds. The van der Waals surface area contributed by atoms with Crippen LogP contribution in [0, 0.1) is 5.41 Å². The Bertz CT molecular complexity index is 414. The second-order valence-corrected chi connectivity index (χ2v) is 7.19. The van der Waals surface area contributed by atoms with Gasteiger partial charge in [0.15, 0.2) is 0 Å². The molecule has 0 radical (unpaired) electrons. The number of ketones is 1. The van der Waals surface area contributed by atoms with Crippen molar-refractivity contribution in [2.45, 2.75) is 26.7 Å². The Labute approximate surface area is 114 Å². The molecule has 0 aliphatic heterocycles. The van der Waals surface area contributed by atoms with Crippen LogP contribution < -0.4 is 0 Å². The van der Waals surface area contributed by atoms with Crippen LogP contribution in [-0.2, 0) is 28.9 Å².